The van der Waals surface area contributed by atoms with Gasteiger partial charge in [0, 0.05) is 0 Å². The van der Waals surface area contributed by atoms with E-state index in [9.17, 15) is 13.2 Å². The van der Waals surface area contributed by atoms with Gasteiger partial charge in [-0.25, -0.2) is 8.42 Å². The number of para-hydroxylation sites is 1. The number of aryl methyl sites for hydroxylation is 1. The molecular formula is C20H25ClN2O5S. The maximum Gasteiger partial charge on any atom is 0.241 e. The van der Waals surface area contributed by atoms with Crippen molar-refractivity contribution in [2.45, 2.75) is 19.9 Å². The highest BCUT2D eigenvalue weighted by molar-refractivity contribution is 7.92. The molecule has 1 atom stereocenters. The van der Waals surface area contributed by atoms with Gasteiger partial charge in [-0.2, -0.15) is 0 Å². The fraction of sp³-hybridized carbons (Fsp3) is 0.350. The summed E-state index contributed by atoms with van der Waals surface area (Å²) < 4.78 is 36.2. The highest BCUT2D eigenvalue weighted by Gasteiger charge is 2.22. The zero-order valence-corrected chi connectivity index (χ0v) is 18.4. The first-order valence-corrected chi connectivity index (χ1v) is 11.1. The van der Waals surface area contributed by atoms with Crippen molar-refractivity contribution < 1.29 is 22.7 Å². The molecule has 2 rings (SSSR count). The molecule has 0 fully saturated rings. The summed E-state index contributed by atoms with van der Waals surface area (Å²) in [6.07, 6.45) is 1.03. The zero-order valence-electron chi connectivity index (χ0n) is 16.8. The Morgan fingerprint density at radius 2 is 1.90 bits per heavy atom. The van der Waals surface area contributed by atoms with E-state index in [2.05, 4.69) is 5.32 Å². The molecule has 0 saturated carbocycles. The van der Waals surface area contributed by atoms with E-state index in [0.29, 0.717) is 5.75 Å². The monoisotopic (exact) mass is 440 g/mol. The predicted octanol–water partition coefficient (Wildman–Crippen LogP) is 3.01. The molecule has 0 aliphatic carbocycles. The number of hydrogen-bond donors (Lipinski definition) is 1. The number of carbonyl (C=O) groups excluding carboxylic acids is 1. The van der Waals surface area contributed by atoms with E-state index in [-0.39, 0.29) is 29.9 Å². The predicted molar refractivity (Wildman–Crippen MR) is 114 cm³/mol. The van der Waals surface area contributed by atoms with Gasteiger partial charge in [0.25, 0.3) is 0 Å². The fourth-order valence-corrected chi connectivity index (χ4v) is 3.74. The van der Waals surface area contributed by atoms with Crippen molar-refractivity contribution in [3.63, 3.8) is 0 Å². The number of benzene rings is 2. The van der Waals surface area contributed by atoms with Gasteiger partial charge >= 0.3 is 0 Å². The number of anilines is 1. The summed E-state index contributed by atoms with van der Waals surface area (Å²) >= 11 is 6.09. The average Bonchev–Trinajstić information content (AvgIpc) is 2.64. The summed E-state index contributed by atoms with van der Waals surface area (Å²) in [6.45, 7) is 3.59. The molecule has 0 bridgehead atoms. The van der Waals surface area contributed by atoms with E-state index in [1.54, 1.807) is 13.0 Å². The number of hydrogen-bond acceptors (Lipinski definition) is 5. The molecule has 158 valence electrons. The Balaban J connectivity index is 2.03. The van der Waals surface area contributed by atoms with Gasteiger partial charge in [-0.05, 0) is 43.7 Å². The molecule has 0 saturated heterocycles. The van der Waals surface area contributed by atoms with Crippen molar-refractivity contribution in [3.05, 3.63) is 53.1 Å². The lowest BCUT2D eigenvalue weighted by atomic mass is 10.2. The van der Waals surface area contributed by atoms with Crippen molar-refractivity contribution in [1.82, 2.24) is 5.32 Å². The molecule has 0 spiro atoms. The first kappa shape index (κ1) is 22.8. The summed E-state index contributed by atoms with van der Waals surface area (Å²) in [7, 11) is -2.24. The van der Waals surface area contributed by atoms with Gasteiger partial charge in [0.05, 0.1) is 30.1 Å². The van der Waals surface area contributed by atoms with Crippen LogP contribution in [0, 0.1) is 6.92 Å². The third-order valence-electron chi connectivity index (χ3n) is 4.10. The van der Waals surface area contributed by atoms with Gasteiger partial charge in [-0.3, -0.25) is 9.10 Å². The van der Waals surface area contributed by atoms with E-state index >= 15 is 0 Å². The number of nitrogens with one attached hydrogen (secondary N) is 1. The second kappa shape index (κ2) is 9.84. The molecule has 0 aliphatic rings. The summed E-state index contributed by atoms with van der Waals surface area (Å²) in [6, 6.07) is 11.8. The van der Waals surface area contributed by atoms with Gasteiger partial charge in [0.1, 0.15) is 24.7 Å². The zero-order chi connectivity index (χ0) is 21.6. The smallest absolute Gasteiger partial charge is 0.241 e. The molecule has 9 heteroatoms. The molecule has 2 aromatic rings. The number of ether oxygens (including phenoxy) is 2. The number of sulfonamides is 1. The Kier molecular flexibility index (Phi) is 7.75. The summed E-state index contributed by atoms with van der Waals surface area (Å²) in [5.41, 5.74) is 1.27. The molecule has 0 aromatic heterocycles. The maximum atomic E-state index is 12.4. The molecule has 7 nitrogen and oxygen atoms in total. The van der Waals surface area contributed by atoms with Crippen LogP contribution in [0.2, 0.25) is 5.02 Å². The fourth-order valence-electron chi connectivity index (χ4n) is 2.64. The molecule has 2 aromatic carbocycles. The SMILES string of the molecule is COc1ccc(N(CC(=O)N[C@H](C)COc2ccccc2C)S(C)(=O)=O)cc1Cl. The normalized spacial score (nSPS) is 12.2. The van der Waals surface area contributed by atoms with Crippen LogP contribution in [0.5, 0.6) is 11.5 Å². The minimum atomic E-state index is -3.70. The largest absolute Gasteiger partial charge is 0.495 e. The van der Waals surface area contributed by atoms with Gasteiger partial charge in [-0.15, -0.1) is 0 Å². The van der Waals surface area contributed by atoms with Crippen molar-refractivity contribution in [2.24, 2.45) is 0 Å². The van der Waals surface area contributed by atoms with Gasteiger partial charge in [-0.1, -0.05) is 29.8 Å². The number of nitrogens with zero attached hydrogens (tertiary/aromatic N) is 1. The van der Waals surface area contributed by atoms with Crippen molar-refractivity contribution >= 4 is 33.2 Å². The third-order valence-corrected chi connectivity index (χ3v) is 5.54. The van der Waals surface area contributed by atoms with Crippen LogP contribution in [-0.2, 0) is 14.8 Å². The van der Waals surface area contributed by atoms with Crippen LogP contribution in [0.15, 0.2) is 42.5 Å². The molecule has 0 aliphatic heterocycles. The quantitative estimate of drug-likeness (QED) is 0.647. The highest BCUT2D eigenvalue weighted by atomic mass is 35.5. The Morgan fingerprint density at radius 1 is 1.21 bits per heavy atom. The number of methoxy groups -OCH3 is 1. The minimum absolute atomic E-state index is 0.249. The van der Waals surface area contributed by atoms with E-state index in [4.69, 9.17) is 21.1 Å². The Morgan fingerprint density at radius 3 is 2.48 bits per heavy atom. The molecule has 0 radical (unpaired) electrons. The van der Waals surface area contributed by atoms with Crippen LogP contribution in [0.1, 0.15) is 12.5 Å². The van der Waals surface area contributed by atoms with Gasteiger partial charge in [0.15, 0.2) is 0 Å². The second-order valence-corrected chi connectivity index (χ2v) is 8.95. The van der Waals surface area contributed by atoms with Gasteiger partial charge < -0.3 is 14.8 Å². The molecule has 1 N–H and O–H groups in total. The van der Waals surface area contributed by atoms with Gasteiger partial charge in [0.2, 0.25) is 15.9 Å². The average molecular weight is 441 g/mol. The first-order chi connectivity index (χ1) is 13.6. The number of halogens is 1. The molecular weight excluding hydrogens is 416 g/mol. The van der Waals surface area contributed by atoms with Crippen LogP contribution in [0.3, 0.4) is 0 Å². The lowest BCUT2D eigenvalue weighted by molar-refractivity contribution is -0.120. The topological polar surface area (TPSA) is 84.9 Å². The van der Waals surface area contributed by atoms with Crippen molar-refractivity contribution in [3.8, 4) is 11.5 Å². The molecule has 0 unspecified atom stereocenters. The van der Waals surface area contributed by atoms with E-state index in [0.717, 1.165) is 21.9 Å². The standard InChI is InChI=1S/C20H25ClN2O5S/c1-14-7-5-6-8-18(14)28-13-15(2)22-20(24)12-23(29(4,25)26)16-9-10-19(27-3)17(21)11-16/h5-11,15H,12-13H2,1-4H3,(H,22,24)/t15-/m1/s1. The number of carbonyl (C=O) groups is 1. The molecule has 0 heterocycles. The highest BCUT2D eigenvalue weighted by Crippen LogP contribution is 2.30. The van der Waals surface area contributed by atoms with Crippen molar-refractivity contribution in [2.75, 3.05) is 30.8 Å². The molecule has 1 amide bonds. The van der Waals surface area contributed by atoms with Crippen molar-refractivity contribution in [1.29, 1.82) is 0 Å². The maximum absolute atomic E-state index is 12.4. The third kappa shape index (κ3) is 6.54. The molecule has 29 heavy (non-hydrogen) atoms. The van der Waals surface area contributed by atoms with E-state index in [1.807, 2.05) is 31.2 Å². The Bertz CT molecular complexity index is 965. The second-order valence-electron chi connectivity index (χ2n) is 6.63. The van der Waals surface area contributed by atoms with Crippen LogP contribution in [0.4, 0.5) is 5.69 Å². The van der Waals surface area contributed by atoms with Crippen LogP contribution < -0.4 is 19.1 Å². The minimum Gasteiger partial charge on any atom is -0.495 e. The van der Waals surface area contributed by atoms with E-state index in [1.165, 1.54) is 19.2 Å². The summed E-state index contributed by atoms with van der Waals surface area (Å²) in [5.74, 6) is 0.692. The first-order valence-electron chi connectivity index (χ1n) is 8.91. The van der Waals surface area contributed by atoms with E-state index < -0.39 is 15.9 Å². The van der Waals surface area contributed by atoms with Crippen LogP contribution in [0.25, 0.3) is 0 Å². The van der Waals surface area contributed by atoms with Crippen LogP contribution >= 0.6 is 11.6 Å². The number of rotatable bonds is 9. The Labute approximate surface area is 176 Å². The lowest BCUT2D eigenvalue weighted by Gasteiger charge is -2.23. The van der Waals surface area contributed by atoms with Crippen LogP contribution in [-0.4, -0.2) is 46.9 Å². The number of amides is 1. The Hall–Kier alpha value is -2.45. The summed E-state index contributed by atoms with van der Waals surface area (Å²) in [5, 5.41) is 3.00. The summed E-state index contributed by atoms with van der Waals surface area (Å²) in [4.78, 5) is 12.4. The lowest BCUT2D eigenvalue weighted by Crippen LogP contribution is -2.44.